The Morgan fingerprint density at radius 2 is 1.85 bits per heavy atom. The highest BCUT2D eigenvalue weighted by atomic mass is 16.6. The Balaban J connectivity index is 2.70. The molecule has 0 aromatic heterocycles. The predicted molar refractivity (Wildman–Crippen MR) is 67.5 cm³/mol. The quantitative estimate of drug-likeness (QED) is 0.718. The Morgan fingerprint density at radius 1 is 1.25 bits per heavy atom. The van der Waals surface area contributed by atoms with Crippen LogP contribution < -0.4 is 5.73 Å². The molecule has 0 aliphatic heterocycles. The van der Waals surface area contributed by atoms with Crippen LogP contribution in [0.5, 0.6) is 0 Å². The third kappa shape index (κ3) is 4.36. The first-order valence-electron chi connectivity index (χ1n) is 5.76. The van der Waals surface area contributed by atoms with E-state index in [2.05, 4.69) is 4.74 Å². The molecule has 0 amide bonds. The number of benzene rings is 1. The lowest BCUT2D eigenvalue weighted by atomic mass is 10.1. The fourth-order valence-corrected chi connectivity index (χ4v) is 1.48. The number of methoxy groups -OCH3 is 1. The van der Waals surface area contributed by atoms with Gasteiger partial charge in [0.15, 0.2) is 0 Å². The molecular weight excluding hydrogens is 266 g/mol. The van der Waals surface area contributed by atoms with Crippen LogP contribution in [0.25, 0.3) is 0 Å². The minimum atomic E-state index is -1.44. The number of rotatable bonds is 6. The van der Waals surface area contributed by atoms with E-state index in [4.69, 9.17) is 15.6 Å². The zero-order valence-electron chi connectivity index (χ0n) is 10.8. The molecule has 0 spiro atoms. The Bertz CT molecular complexity index is 487. The number of hydrogen-bond acceptors (Lipinski definition) is 6. The molecule has 1 unspecified atom stereocenters. The number of carbonyl (C=O) groups is 3. The average Bonchev–Trinajstić information content (AvgIpc) is 2.44. The summed E-state index contributed by atoms with van der Waals surface area (Å²) in [6, 6.07) is 6.81. The highest BCUT2D eigenvalue weighted by molar-refractivity contribution is 5.84. The summed E-state index contributed by atoms with van der Waals surface area (Å²) in [6.07, 6.45) is -1.89. The maximum absolute atomic E-state index is 11.6. The fraction of sp³-hybridized carbons (Fsp3) is 0.308. The zero-order chi connectivity index (χ0) is 15.1. The van der Waals surface area contributed by atoms with Gasteiger partial charge in [-0.2, -0.15) is 0 Å². The Morgan fingerprint density at radius 3 is 2.35 bits per heavy atom. The smallest absolute Gasteiger partial charge is 0.349 e. The molecule has 3 N–H and O–H groups in total. The molecule has 0 aliphatic rings. The molecule has 1 rings (SSSR count). The van der Waals surface area contributed by atoms with Crippen molar-refractivity contribution in [1.29, 1.82) is 0 Å². The predicted octanol–water partition coefficient (Wildman–Crippen LogP) is 0.246. The van der Waals surface area contributed by atoms with Crippen LogP contribution >= 0.6 is 0 Å². The van der Waals surface area contributed by atoms with Gasteiger partial charge in [0.1, 0.15) is 6.04 Å². The van der Waals surface area contributed by atoms with Gasteiger partial charge in [0.2, 0.25) is 6.10 Å². The van der Waals surface area contributed by atoms with Crippen molar-refractivity contribution in [3.63, 3.8) is 0 Å². The van der Waals surface area contributed by atoms with Gasteiger partial charge in [-0.3, -0.25) is 9.59 Å². The van der Waals surface area contributed by atoms with Crippen LogP contribution in [0.2, 0.25) is 0 Å². The van der Waals surface area contributed by atoms with E-state index in [0.29, 0.717) is 5.56 Å². The van der Waals surface area contributed by atoms with Gasteiger partial charge in [0, 0.05) is 5.56 Å². The Hall–Kier alpha value is -2.41. The lowest BCUT2D eigenvalue weighted by Crippen LogP contribution is -2.35. The van der Waals surface area contributed by atoms with Crippen LogP contribution in [0.3, 0.4) is 0 Å². The molecule has 0 saturated heterocycles. The number of nitrogens with two attached hydrogens (primary N) is 1. The first-order chi connectivity index (χ1) is 9.45. The highest BCUT2D eigenvalue weighted by Gasteiger charge is 2.26. The molecule has 0 saturated carbocycles. The highest BCUT2D eigenvalue weighted by Crippen LogP contribution is 2.18. The van der Waals surface area contributed by atoms with Gasteiger partial charge < -0.3 is 20.3 Å². The topological polar surface area (TPSA) is 116 Å². The Kier molecular flexibility index (Phi) is 5.67. The number of esters is 2. The lowest BCUT2D eigenvalue weighted by molar-refractivity contribution is -0.165. The molecule has 1 aromatic carbocycles. The molecule has 0 aliphatic carbocycles. The van der Waals surface area contributed by atoms with Crippen molar-refractivity contribution in [1.82, 2.24) is 0 Å². The van der Waals surface area contributed by atoms with Crippen molar-refractivity contribution in [3.05, 3.63) is 35.9 Å². The van der Waals surface area contributed by atoms with E-state index in [1.165, 1.54) is 12.1 Å². The first kappa shape index (κ1) is 15.6. The zero-order valence-corrected chi connectivity index (χ0v) is 10.8. The number of ether oxygens (including phenoxy) is 2. The van der Waals surface area contributed by atoms with Crippen molar-refractivity contribution in [2.45, 2.75) is 18.6 Å². The minimum absolute atomic E-state index is 0.319. The van der Waals surface area contributed by atoms with Crippen molar-refractivity contribution < 1.29 is 29.0 Å². The molecule has 20 heavy (non-hydrogen) atoms. The van der Waals surface area contributed by atoms with Crippen LogP contribution in [0.15, 0.2) is 30.3 Å². The number of carboxylic acids is 1. The second-order valence-corrected chi connectivity index (χ2v) is 3.95. The van der Waals surface area contributed by atoms with E-state index >= 15 is 0 Å². The maximum atomic E-state index is 11.6. The van der Waals surface area contributed by atoms with Crippen LogP contribution in [-0.4, -0.2) is 36.2 Å². The molecule has 7 nitrogen and oxygen atoms in total. The van der Waals surface area contributed by atoms with Crippen molar-refractivity contribution in [2.75, 3.05) is 7.11 Å². The third-order valence-electron chi connectivity index (χ3n) is 2.47. The second kappa shape index (κ2) is 7.25. The molecule has 7 heteroatoms. The van der Waals surface area contributed by atoms with E-state index in [0.717, 1.165) is 7.11 Å². The minimum Gasteiger partial charge on any atom is -0.478 e. The largest absolute Gasteiger partial charge is 0.478 e. The van der Waals surface area contributed by atoms with Gasteiger partial charge in [-0.05, 0) is 0 Å². The Labute approximate surface area is 115 Å². The summed E-state index contributed by atoms with van der Waals surface area (Å²) < 4.78 is 9.20. The van der Waals surface area contributed by atoms with Crippen LogP contribution in [-0.2, 0) is 23.9 Å². The SMILES string of the molecule is COC(=O)[C@@H](N)CC(=O)OC(C(=O)O)c1ccccc1. The van der Waals surface area contributed by atoms with Crippen LogP contribution in [0, 0.1) is 0 Å². The van der Waals surface area contributed by atoms with Crippen molar-refractivity contribution in [2.24, 2.45) is 5.73 Å². The van der Waals surface area contributed by atoms with Gasteiger partial charge in [-0.1, -0.05) is 30.3 Å². The molecule has 2 atom stereocenters. The van der Waals surface area contributed by atoms with E-state index < -0.39 is 36.5 Å². The summed E-state index contributed by atoms with van der Waals surface area (Å²) in [5, 5.41) is 9.06. The maximum Gasteiger partial charge on any atom is 0.349 e. The standard InChI is InChI=1S/C13H15NO6/c1-19-13(18)9(14)7-10(15)20-11(12(16)17)8-5-3-2-4-6-8/h2-6,9,11H,7,14H2,1H3,(H,16,17)/t9-,11?/m0/s1. The summed E-state index contributed by atoms with van der Waals surface area (Å²) in [7, 11) is 1.14. The third-order valence-corrected chi connectivity index (χ3v) is 2.47. The molecule has 0 bridgehead atoms. The summed E-state index contributed by atoms with van der Waals surface area (Å²) >= 11 is 0. The van der Waals surface area contributed by atoms with E-state index in [9.17, 15) is 14.4 Å². The molecular formula is C13H15NO6. The summed E-state index contributed by atoms with van der Waals surface area (Å²) in [5.74, 6) is -2.97. The number of hydrogen-bond donors (Lipinski definition) is 2. The van der Waals surface area contributed by atoms with Crippen molar-refractivity contribution in [3.8, 4) is 0 Å². The van der Waals surface area contributed by atoms with Gasteiger partial charge in [0.25, 0.3) is 0 Å². The van der Waals surface area contributed by atoms with Crippen LogP contribution in [0.1, 0.15) is 18.1 Å². The monoisotopic (exact) mass is 281 g/mol. The lowest BCUT2D eigenvalue weighted by Gasteiger charge is -2.15. The van der Waals surface area contributed by atoms with Gasteiger partial charge in [-0.25, -0.2) is 4.79 Å². The number of aliphatic carboxylic acids is 1. The van der Waals surface area contributed by atoms with E-state index in [-0.39, 0.29) is 0 Å². The first-order valence-corrected chi connectivity index (χ1v) is 5.76. The number of carbonyl (C=O) groups excluding carboxylic acids is 2. The molecule has 0 radical (unpaired) electrons. The molecule has 1 aromatic rings. The van der Waals surface area contributed by atoms with Gasteiger partial charge >= 0.3 is 17.9 Å². The van der Waals surface area contributed by atoms with E-state index in [1.807, 2.05) is 0 Å². The molecule has 0 heterocycles. The number of carboxylic acid groups (broad SMARTS) is 1. The molecule has 108 valence electrons. The molecule has 0 fully saturated rings. The average molecular weight is 281 g/mol. The van der Waals surface area contributed by atoms with Crippen LogP contribution in [0.4, 0.5) is 0 Å². The normalized spacial score (nSPS) is 13.1. The summed E-state index contributed by atoms with van der Waals surface area (Å²) in [4.78, 5) is 33.8. The fourth-order valence-electron chi connectivity index (χ4n) is 1.48. The van der Waals surface area contributed by atoms with Gasteiger partial charge in [0.05, 0.1) is 13.5 Å². The van der Waals surface area contributed by atoms with Crippen molar-refractivity contribution >= 4 is 17.9 Å². The van der Waals surface area contributed by atoms with E-state index in [1.54, 1.807) is 18.2 Å². The summed E-state index contributed by atoms with van der Waals surface area (Å²) in [5.41, 5.74) is 5.72. The van der Waals surface area contributed by atoms with Gasteiger partial charge in [-0.15, -0.1) is 0 Å². The second-order valence-electron chi connectivity index (χ2n) is 3.95. The summed E-state index contributed by atoms with van der Waals surface area (Å²) in [6.45, 7) is 0.